The third kappa shape index (κ3) is 3.50. The highest BCUT2D eigenvalue weighted by atomic mass is 32.2. The lowest BCUT2D eigenvalue weighted by atomic mass is 10.0. The Labute approximate surface area is 113 Å². The fourth-order valence-electron chi connectivity index (χ4n) is 2.11. The molecule has 2 rings (SSSR count). The summed E-state index contributed by atoms with van der Waals surface area (Å²) in [4.78, 5) is 11.6. The van der Waals surface area contributed by atoms with Gasteiger partial charge >= 0.3 is 0 Å². The number of rotatable bonds is 3. The molecule has 110 valence electrons. The highest BCUT2D eigenvalue weighted by Gasteiger charge is 2.29. The molecule has 8 heteroatoms. The lowest BCUT2D eigenvalue weighted by Crippen LogP contribution is -2.18. The fourth-order valence-corrected chi connectivity index (χ4v) is 3.98. The van der Waals surface area contributed by atoms with Gasteiger partial charge in [0.1, 0.15) is 5.82 Å². The number of sulfone groups is 1. The van der Waals surface area contributed by atoms with Gasteiger partial charge < -0.3 is 5.32 Å². The van der Waals surface area contributed by atoms with Crippen LogP contribution in [0.4, 0.5) is 18.9 Å². The number of hydrogen-bond donors (Lipinski definition) is 1. The first-order valence-corrected chi connectivity index (χ1v) is 7.74. The maximum absolute atomic E-state index is 13.3. The highest BCUT2D eigenvalue weighted by Crippen LogP contribution is 2.23. The van der Waals surface area contributed by atoms with Crippen LogP contribution < -0.4 is 5.32 Å². The van der Waals surface area contributed by atoms with E-state index >= 15 is 0 Å². The molecule has 0 bridgehead atoms. The molecule has 0 aliphatic carbocycles. The van der Waals surface area contributed by atoms with Gasteiger partial charge in [-0.25, -0.2) is 21.6 Å². The smallest absolute Gasteiger partial charge is 0.224 e. The molecule has 1 heterocycles. The van der Waals surface area contributed by atoms with Crippen molar-refractivity contribution in [2.24, 2.45) is 5.92 Å². The van der Waals surface area contributed by atoms with E-state index in [2.05, 4.69) is 5.32 Å². The predicted octanol–water partition coefficient (Wildman–Crippen LogP) is 1.87. The second kappa shape index (κ2) is 5.43. The van der Waals surface area contributed by atoms with Crippen molar-refractivity contribution in [2.75, 3.05) is 16.8 Å². The molecule has 0 saturated carbocycles. The van der Waals surface area contributed by atoms with Crippen LogP contribution in [0.2, 0.25) is 0 Å². The van der Waals surface area contributed by atoms with Gasteiger partial charge in [-0.1, -0.05) is 0 Å². The summed E-state index contributed by atoms with van der Waals surface area (Å²) in [5.41, 5.74) is -0.463. The summed E-state index contributed by atoms with van der Waals surface area (Å²) in [6.45, 7) is 0. The van der Waals surface area contributed by atoms with Crippen LogP contribution in [0.25, 0.3) is 0 Å². The van der Waals surface area contributed by atoms with Gasteiger partial charge in [-0.15, -0.1) is 0 Å². The summed E-state index contributed by atoms with van der Waals surface area (Å²) in [7, 11) is -3.10. The Bertz CT molecular complexity index is 646. The van der Waals surface area contributed by atoms with Crippen molar-refractivity contribution < 1.29 is 26.4 Å². The molecule has 0 aromatic heterocycles. The van der Waals surface area contributed by atoms with E-state index in [0.29, 0.717) is 18.6 Å². The first-order chi connectivity index (χ1) is 9.27. The molecule has 0 unspecified atom stereocenters. The average Bonchev–Trinajstić information content (AvgIpc) is 2.65. The van der Waals surface area contributed by atoms with Crippen LogP contribution in [0.5, 0.6) is 0 Å². The number of nitrogens with one attached hydrogen (secondary N) is 1. The van der Waals surface area contributed by atoms with Crippen molar-refractivity contribution in [1.82, 2.24) is 0 Å². The van der Waals surface area contributed by atoms with Crippen LogP contribution in [0.15, 0.2) is 12.1 Å². The standard InChI is InChI=1S/C12H12F3NO3S/c13-8-4-10(15)11(5-9(8)14)16-12(17)3-7-1-2-20(18,19)6-7/h4-5,7H,1-3,6H2,(H,16,17)/t7-/m1/s1. The average molecular weight is 307 g/mol. The van der Waals surface area contributed by atoms with Gasteiger partial charge in [0.15, 0.2) is 21.5 Å². The van der Waals surface area contributed by atoms with Crippen LogP contribution in [-0.2, 0) is 14.6 Å². The molecule has 0 radical (unpaired) electrons. The number of amides is 1. The van der Waals surface area contributed by atoms with Crippen LogP contribution in [0.3, 0.4) is 0 Å². The Hall–Kier alpha value is -1.57. The van der Waals surface area contributed by atoms with Crippen LogP contribution >= 0.6 is 0 Å². The topological polar surface area (TPSA) is 63.2 Å². The maximum atomic E-state index is 13.3. The molecule has 4 nitrogen and oxygen atoms in total. The van der Waals surface area contributed by atoms with E-state index in [0.717, 1.165) is 0 Å². The molecule has 1 fully saturated rings. The Kier molecular flexibility index (Phi) is 4.03. The lowest BCUT2D eigenvalue weighted by molar-refractivity contribution is -0.116. The number of carbonyl (C=O) groups is 1. The molecule has 1 atom stereocenters. The zero-order valence-corrected chi connectivity index (χ0v) is 11.1. The quantitative estimate of drug-likeness (QED) is 0.867. The second-order valence-electron chi connectivity index (χ2n) is 4.77. The van der Waals surface area contributed by atoms with E-state index < -0.39 is 38.9 Å². The fraction of sp³-hybridized carbons (Fsp3) is 0.417. The first-order valence-electron chi connectivity index (χ1n) is 5.91. The highest BCUT2D eigenvalue weighted by molar-refractivity contribution is 7.91. The molecule has 1 aromatic rings. The number of carbonyl (C=O) groups excluding carboxylic acids is 1. The minimum absolute atomic E-state index is 0.0322. The Morgan fingerprint density at radius 3 is 2.45 bits per heavy atom. The number of hydrogen-bond acceptors (Lipinski definition) is 3. The van der Waals surface area contributed by atoms with E-state index in [-0.39, 0.29) is 23.8 Å². The van der Waals surface area contributed by atoms with Crippen molar-refractivity contribution in [1.29, 1.82) is 0 Å². The Morgan fingerprint density at radius 2 is 1.85 bits per heavy atom. The van der Waals surface area contributed by atoms with Gasteiger partial charge in [0.25, 0.3) is 0 Å². The largest absolute Gasteiger partial charge is 0.323 e. The first kappa shape index (κ1) is 14.8. The van der Waals surface area contributed by atoms with E-state index in [4.69, 9.17) is 0 Å². The van der Waals surface area contributed by atoms with Gasteiger partial charge in [0, 0.05) is 18.6 Å². The normalized spacial score (nSPS) is 20.9. The maximum Gasteiger partial charge on any atom is 0.224 e. The molecule has 1 aliphatic heterocycles. The van der Waals surface area contributed by atoms with Crippen molar-refractivity contribution >= 4 is 21.4 Å². The second-order valence-corrected chi connectivity index (χ2v) is 7.00. The van der Waals surface area contributed by atoms with Crippen LogP contribution in [0.1, 0.15) is 12.8 Å². The Morgan fingerprint density at radius 1 is 1.20 bits per heavy atom. The minimum atomic E-state index is -3.10. The summed E-state index contributed by atoms with van der Waals surface area (Å²) in [6.07, 6.45) is 0.272. The zero-order valence-electron chi connectivity index (χ0n) is 10.3. The number of halogens is 3. The van der Waals surface area contributed by atoms with Crippen LogP contribution in [0, 0.1) is 23.4 Å². The monoisotopic (exact) mass is 307 g/mol. The predicted molar refractivity (Wildman–Crippen MR) is 66.3 cm³/mol. The molecule has 0 spiro atoms. The molecule has 20 heavy (non-hydrogen) atoms. The van der Waals surface area contributed by atoms with Gasteiger partial charge in [-0.3, -0.25) is 4.79 Å². The lowest BCUT2D eigenvalue weighted by Gasteiger charge is -2.09. The Balaban J connectivity index is 2.00. The summed E-state index contributed by atoms with van der Waals surface area (Å²) in [6, 6.07) is 0.888. The summed E-state index contributed by atoms with van der Waals surface area (Å²) in [5, 5.41) is 2.12. The van der Waals surface area contributed by atoms with E-state index in [9.17, 15) is 26.4 Å². The third-order valence-electron chi connectivity index (χ3n) is 3.08. The van der Waals surface area contributed by atoms with Crippen molar-refractivity contribution in [3.63, 3.8) is 0 Å². The van der Waals surface area contributed by atoms with Crippen molar-refractivity contribution in [2.45, 2.75) is 12.8 Å². The van der Waals surface area contributed by atoms with E-state index in [1.54, 1.807) is 0 Å². The summed E-state index contributed by atoms with van der Waals surface area (Å²) < 4.78 is 61.4. The summed E-state index contributed by atoms with van der Waals surface area (Å²) in [5.74, 6) is -4.71. The van der Waals surface area contributed by atoms with Gasteiger partial charge in [-0.2, -0.15) is 0 Å². The molecule has 1 saturated heterocycles. The summed E-state index contributed by atoms with van der Waals surface area (Å²) >= 11 is 0. The van der Waals surface area contributed by atoms with E-state index in [1.165, 1.54) is 0 Å². The minimum Gasteiger partial charge on any atom is -0.323 e. The van der Waals surface area contributed by atoms with Crippen molar-refractivity contribution in [3.8, 4) is 0 Å². The SMILES string of the molecule is O=C(C[C@H]1CCS(=O)(=O)C1)Nc1cc(F)c(F)cc1F. The number of anilines is 1. The van der Waals surface area contributed by atoms with Gasteiger partial charge in [0.2, 0.25) is 5.91 Å². The van der Waals surface area contributed by atoms with Gasteiger partial charge in [-0.05, 0) is 12.3 Å². The van der Waals surface area contributed by atoms with Crippen molar-refractivity contribution in [3.05, 3.63) is 29.6 Å². The van der Waals surface area contributed by atoms with Crippen LogP contribution in [-0.4, -0.2) is 25.8 Å². The number of benzene rings is 1. The zero-order chi connectivity index (χ0) is 14.9. The van der Waals surface area contributed by atoms with Gasteiger partial charge in [0.05, 0.1) is 17.2 Å². The molecule has 1 N–H and O–H groups in total. The molecule has 1 aliphatic rings. The molecule has 1 aromatic carbocycles. The third-order valence-corrected chi connectivity index (χ3v) is 4.92. The molecular formula is C12H12F3NO3S. The molecular weight excluding hydrogens is 295 g/mol. The van der Waals surface area contributed by atoms with E-state index in [1.807, 2.05) is 0 Å². The molecule has 1 amide bonds.